The van der Waals surface area contributed by atoms with Crippen LogP contribution in [0.1, 0.15) is 58.8 Å². The molecule has 0 aromatic rings. The van der Waals surface area contributed by atoms with Crippen molar-refractivity contribution < 1.29 is 9.59 Å². The summed E-state index contributed by atoms with van der Waals surface area (Å²) in [7, 11) is 0. The van der Waals surface area contributed by atoms with Crippen LogP contribution in [-0.4, -0.2) is 48.6 Å². The van der Waals surface area contributed by atoms with Crippen molar-refractivity contribution in [3.63, 3.8) is 0 Å². The third kappa shape index (κ3) is 5.09. The molecule has 4 N–H and O–H groups in total. The fraction of sp³-hybridized carbons (Fsp3) is 0.882. The van der Waals surface area contributed by atoms with E-state index in [-0.39, 0.29) is 12.6 Å². The number of carbonyl (C=O) groups is 2. The number of nitrogens with one attached hydrogen (secondary N) is 2. The Morgan fingerprint density at radius 2 is 1.78 bits per heavy atom. The first-order chi connectivity index (χ1) is 10.9. The summed E-state index contributed by atoms with van der Waals surface area (Å²) < 4.78 is 0. The van der Waals surface area contributed by atoms with Gasteiger partial charge in [0.15, 0.2) is 0 Å². The highest BCUT2D eigenvalue weighted by Crippen LogP contribution is 2.28. The molecule has 1 aliphatic heterocycles. The molecule has 2 fully saturated rings. The monoisotopic (exact) mass is 324 g/mol. The number of carbonyl (C=O) groups excluding carboxylic acids is 2. The van der Waals surface area contributed by atoms with E-state index in [1.165, 1.54) is 38.5 Å². The summed E-state index contributed by atoms with van der Waals surface area (Å²) in [5.74, 6) is -0.405. The van der Waals surface area contributed by atoms with Gasteiger partial charge in [0.1, 0.15) is 0 Å². The predicted octanol–water partition coefficient (Wildman–Crippen LogP) is 1.59. The highest BCUT2D eigenvalue weighted by molar-refractivity contribution is 5.81. The summed E-state index contributed by atoms with van der Waals surface area (Å²) in [6.07, 6.45) is 9.02. The van der Waals surface area contributed by atoms with Crippen LogP contribution in [-0.2, 0) is 4.79 Å². The zero-order chi connectivity index (χ0) is 16.9. The molecule has 0 radical (unpaired) electrons. The van der Waals surface area contributed by atoms with Gasteiger partial charge in [-0.1, -0.05) is 19.3 Å². The Hall–Kier alpha value is -1.30. The first-order valence-electron chi connectivity index (χ1n) is 8.97. The number of hydrogen-bond donors (Lipinski definition) is 3. The molecular formula is C17H32N4O2. The van der Waals surface area contributed by atoms with E-state index in [0.29, 0.717) is 18.6 Å². The molecule has 0 unspecified atom stereocenters. The van der Waals surface area contributed by atoms with E-state index < -0.39 is 11.3 Å². The average molecular weight is 324 g/mol. The molecule has 1 heterocycles. The Balaban J connectivity index is 1.73. The maximum absolute atomic E-state index is 12.0. The molecule has 1 saturated heterocycles. The maximum Gasteiger partial charge on any atom is 0.314 e. The fourth-order valence-electron chi connectivity index (χ4n) is 3.63. The van der Waals surface area contributed by atoms with Gasteiger partial charge in [-0.25, -0.2) is 4.79 Å². The molecule has 0 aromatic carbocycles. The molecule has 1 aliphatic carbocycles. The van der Waals surface area contributed by atoms with Crippen LogP contribution in [0, 0.1) is 5.41 Å². The molecule has 0 aromatic heterocycles. The molecule has 6 nitrogen and oxygen atoms in total. The second kappa shape index (κ2) is 7.99. The molecule has 6 heteroatoms. The van der Waals surface area contributed by atoms with Gasteiger partial charge in [0.2, 0.25) is 5.91 Å². The van der Waals surface area contributed by atoms with Gasteiger partial charge in [-0.05, 0) is 46.1 Å². The van der Waals surface area contributed by atoms with Crippen molar-refractivity contribution in [3.05, 3.63) is 0 Å². The number of hydrogen-bond acceptors (Lipinski definition) is 3. The molecule has 1 atom stereocenters. The lowest BCUT2D eigenvalue weighted by Gasteiger charge is -2.35. The number of likely N-dealkylation sites (tertiary alicyclic amines) is 1. The molecular weight excluding hydrogens is 292 g/mol. The lowest BCUT2D eigenvalue weighted by molar-refractivity contribution is -0.125. The van der Waals surface area contributed by atoms with Gasteiger partial charge in [0, 0.05) is 25.2 Å². The van der Waals surface area contributed by atoms with E-state index in [1.54, 1.807) is 13.8 Å². The Morgan fingerprint density at radius 3 is 2.43 bits per heavy atom. The quantitative estimate of drug-likeness (QED) is 0.693. The minimum atomic E-state index is -0.723. The lowest BCUT2D eigenvalue weighted by Crippen LogP contribution is -2.50. The van der Waals surface area contributed by atoms with E-state index in [4.69, 9.17) is 5.73 Å². The van der Waals surface area contributed by atoms with Gasteiger partial charge >= 0.3 is 6.03 Å². The highest BCUT2D eigenvalue weighted by Gasteiger charge is 2.31. The topological polar surface area (TPSA) is 87.5 Å². The Morgan fingerprint density at radius 1 is 1.09 bits per heavy atom. The van der Waals surface area contributed by atoms with Gasteiger partial charge in [-0.3, -0.25) is 9.69 Å². The van der Waals surface area contributed by atoms with Crippen LogP contribution in [0.25, 0.3) is 0 Å². The molecule has 3 amide bonds. The van der Waals surface area contributed by atoms with Crippen LogP contribution in [0.4, 0.5) is 4.79 Å². The Labute approximate surface area is 139 Å². The predicted molar refractivity (Wildman–Crippen MR) is 91.0 cm³/mol. The van der Waals surface area contributed by atoms with Crippen LogP contribution in [0.2, 0.25) is 0 Å². The van der Waals surface area contributed by atoms with Gasteiger partial charge in [-0.2, -0.15) is 0 Å². The zero-order valence-electron chi connectivity index (χ0n) is 14.6. The normalized spacial score (nSPS) is 23.7. The lowest BCUT2D eigenvalue weighted by atomic mass is 9.93. The van der Waals surface area contributed by atoms with Crippen molar-refractivity contribution in [2.75, 3.05) is 19.6 Å². The second-order valence-electron chi connectivity index (χ2n) is 7.64. The molecule has 0 bridgehead atoms. The Bertz CT molecular complexity index is 419. The van der Waals surface area contributed by atoms with Crippen molar-refractivity contribution >= 4 is 11.9 Å². The molecule has 2 rings (SSSR count). The van der Waals surface area contributed by atoms with Crippen LogP contribution in [0.15, 0.2) is 0 Å². The number of nitrogens with zero attached hydrogens (tertiary/aromatic N) is 1. The standard InChI is InChI=1S/C17H32N4O2/c1-17(2,15(18)22)12-20-16(23)19-11-14-9-6-10-21(14)13-7-4-3-5-8-13/h13-14H,3-12H2,1-2H3,(H2,18,22)(H2,19,20,23)/t14-/m1/s1. The van der Waals surface area contributed by atoms with E-state index in [2.05, 4.69) is 15.5 Å². The van der Waals surface area contributed by atoms with Crippen molar-refractivity contribution in [3.8, 4) is 0 Å². The number of rotatable bonds is 6. The maximum atomic E-state index is 12.0. The summed E-state index contributed by atoms with van der Waals surface area (Å²) in [6.45, 7) is 5.56. The van der Waals surface area contributed by atoms with Crippen molar-refractivity contribution in [2.45, 2.75) is 70.9 Å². The van der Waals surface area contributed by atoms with Crippen molar-refractivity contribution in [2.24, 2.45) is 11.1 Å². The molecule has 2 aliphatic rings. The first-order valence-corrected chi connectivity index (χ1v) is 8.97. The molecule has 23 heavy (non-hydrogen) atoms. The van der Waals surface area contributed by atoms with Crippen molar-refractivity contribution in [1.82, 2.24) is 15.5 Å². The van der Waals surface area contributed by atoms with Gasteiger partial charge in [0.05, 0.1) is 5.41 Å². The first kappa shape index (κ1) is 18.0. The third-order valence-electron chi connectivity index (χ3n) is 5.32. The smallest absolute Gasteiger partial charge is 0.314 e. The molecule has 0 spiro atoms. The summed E-state index contributed by atoms with van der Waals surface area (Å²) in [4.78, 5) is 25.8. The largest absolute Gasteiger partial charge is 0.369 e. The van der Waals surface area contributed by atoms with Crippen LogP contribution >= 0.6 is 0 Å². The summed E-state index contributed by atoms with van der Waals surface area (Å²) in [6, 6.07) is 0.942. The summed E-state index contributed by atoms with van der Waals surface area (Å²) >= 11 is 0. The molecule has 132 valence electrons. The van der Waals surface area contributed by atoms with Crippen LogP contribution < -0.4 is 16.4 Å². The van der Waals surface area contributed by atoms with Gasteiger partial charge in [-0.15, -0.1) is 0 Å². The minimum absolute atomic E-state index is 0.213. The summed E-state index contributed by atoms with van der Waals surface area (Å²) in [5.41, 5.74) is 4.59. The summed E-state index contributed by atoms with van der Waals surface area (Å²) in [5, 5.41) is 5.71. The SMILES string of the molecule is CC(C)(CNC(=O)NC[C@H]1CCCN1C1CCCCC1)C(N)=O. The number of urea groups is 1. The van der Waals surface area contributed by atoms with E-state index in [9.17, 15) is 9.59 Å². The van der Waals surface area contributed by atoms with Gasteiger partial charge < -0.3 is 16.4 Å². The second-order valence-corrected chi connectivity index (χ2v) is 7.64. The van der Waals surface area contributed by atoms with Crippen LogP contribution in [0.5, 0.6) is 0 Å². The van der Waals surface area contributed by atoms with Crippen molar-refractivity contribution in [1.29, 1.82) is 0 Å². The number of primary amides is 1. The highest BCUT2D eigenvalue weighted by atomic mass is 16.2. The average Bonchev–Trinajstić information content (AvgIpc) is 3.00. The zero-order valence-corrected chi connectivity index (χ0v) is 14.6. The minimum Gasteiger partial charge on any atom is -0.369 e. The van der Waals surface area contributed by atoms with E-state index in [0.717, 1.165) is 13.0 Å². The molecule has 1 saturated carbocycles. The van der Waals surface area contributed by atoms with Crippen LogP contribution in [0.3, 0.4) is 0 Å². The fourth-order valence-corrected chi connectivity index (χ4v) is 3.63. The van der Waals surface area contributed by atoms with E-state index in [1.807, 2.05) is 0 Å². The number of nitrogens with two attached hydrogens (primary N) is 1. The van der Waals surface area contributed by atoms with Gasteiger partial charge in [0.25, 0.3) is 0 Å². The third-order valence-corrected chi connectivity index (χ3v) is 5.32. The van der Waals surface area contributed by atoms with E-state index >= 15 is 0 Å². The number of amides is 3. The Kier molecular flexibility index (Phi) is 6.27.